The van der Waals surface area contributed by atoms with E-state index in [0.29, 0.717) is 36.2 Å². The van der Waals surface area contributed by atoms with Gasteiger partial charge in [-0.2, -0.15) is 0 Å². The molecule has 24 heavy (non-hydrogen) atoms. The Hall–Kier alpha value is -2.97. The van der Waals surface area contributed by atoms with Crippen LogP contribution >= 0.6 is 0 Å². The van der Waals surface area contributed by atoms with Gasteiger partial charge in [0.25, 0.3) is 0 Å². The zero-order valence-electron chi connectivity index (χ0n) is 13.5. The molecule has 0 saturated carbocycles. The molecule has 2 amide bonds. The average molecular weight is 333 g/mol. The largest absolute Gasteiger partial charge is 0.492 e. The number of rotatable bonds is 6. The second kappa shape index (κ2) is 7.07. The Kier molecular flexibility index (Phi) is 4.69. The maximum absolute atomic E-state index is 11.9. The van der Waals surface area contributed by atoms with Crippen LogP contribution in [0.2, 0.25) is 0 Å². The number of hydrogen-bond donors (Lipinski definition) is 2. The van der Waals surface area contributed by atoms with Gasteiger partial charge in [-0.15, -0.1) is 10.2 Å². The van der Waals surface area contributed by atoms with Gasteiger partial charge in [-0.05, 0) is 19.1 Å². The third-order valence-electron chi connectivity index (χ3n) is 3.48. The topological polar surface area (TPSA) is 99.5 Å². The molecule has 128 valence electrons. The van der Waals surface area contributed by atoms with E-state index < -0.39 is 0 Å². The van der Waals surface area contributed by atoms with Gasteiger partial charge >= 0.3 is 6.03 Å². The molecule has 1 aromatic carbocycles. The molecule has 9 heteroatoms. The monoisotopic (exact) mass is 333 g/mol. The van der Waals surface area contributed by atoms with E-state index in [1.807, 2.05) is 14.0 Å². The quantitative estimate of drug-likeness (QED) is 0.765. The Balaban J connectivity index is 1.38. The lowest BCUT2D eigenvalue weighted by Gasteiger charge is -2.14. The molecule has 0 bridgehead atoms. The molecule has 0 spiro atoms. The molecule has 2 N–H and O–H groups in total. The van der Waals surface area contributed by atoms with Gasteiger partial charge in [0.1, 0.15) is 18.7 Å². The number of urea groups is 1. The minimum absolute atomic E-state index is 0.226. The van der Waals surface area contributed by atoms with Gasteiger partial charge < -0.3 is 29.4 Å². The Morgan fingerprint density at radius 1 is 1.42 bits per heavy atom. The number of benzene rings is 1. The van der Waals surface area contributed by atoms with Gasteiger partial charge in [0.15, 0.2) is 17.3 Å². The summed E-state index contributed by atoms with van der Waals surface area (Å²) in [6, 6.07) is 4.81. The van der Waals surface area contributed by atoms with Crippen molar-refractivity contribution in [3.8, 4) is 17.2 Å². The molecular weight excluding hydrogens is 314 g/mol. The number of amides is 2. The number of ether oxygens (including phenoxy) is 3. The van der Waals surface area contributed by atoms with Crippen molar-refractivity contribution in [2.24, 2.45) is 7.05 Å². The minimum Gasteiger partial charge on any atom is -0.492 e. The number of hydrogen-bond acceptors (Lipinski definition) is 6. The number of nitrogens with zero attached hydrogens (tertiary/aromatic N) is 3. The summed E-state index contributed by atoms with van der Waals surface area (Å²) in [6.07, 6.45) is 1.59. The lowest BCUT2D eigenvalue weighted by atomic mass is 10.3. The zero-order valence-corrected chi connectivity index (χ0v) is 13.5. The highest BCUT2D eigenvalue weighted by molar-refractivity contribution is 5.74. The highest BCUT2D eigenvalue weighted by Gasteiger charge is 2.15. The van der Waals surface area contributed by atoms with Crippen LogP contribution in [0.1, 0.15) is 18.8 Å². The third kappa shape index (κ3) is 3.67. The first-order valence-electron chi connectivity index (χ1n) is 7.54. The zero-order chi connectivity index (χ0) is 16.9. The lowest BCUT2D eigenvalue weighted by Crippen LogP contribution is -2.39. The Bertz CT molecular complexity index is 718. The second-order valence-corrected chi connectivity index (χ2v) is 5.29. The van der Waals surface area contributed by atoms with Crippen LogP contribution in [0.3, 0.4) is 0 Å². The van der Waals surface area contributed by atoms with Crippen molar-refractivity contribution >= 4 is 6.03 Å². The Morgan fingerprint density at radius 3 is 3.04 bits per heavy atom. The highest BCUT2D eigenvalue weighted by Crippen LogP contribution is 2.34. The number of carbonyl (C=O) groups is 1. The molecule has 1 atom stereocenters. The fourth-order valence-corrected chi connectivity index (χ4v) is 2.30. The van der Waals surface area contributed by atoms with Crippen LogP contribution in [0.4, 0.5) is 4.79 Å². The second-order valence-electron chi connectivity index (χ2n) is 5.29. The van der Waals surface area contributed by atoms with Crippen molar-refractivity contribution in [1.29, 1.82) is 0 Å². The van der Waals surface area contributed by atoms with Crippen LogP contribution in [0, 0.1) is 0 Å². The molecular formula is C15H19N5O4. The normalized spacial score (nSPS) is 13.4. The summed E-state index contributed by atoms with van der Waals surface area (Å²) in [7, 11) is 1.82. The number of carbonyl (C=O) groups excluding carboxylic acids is 1. The summed E-state index contributed by atoms with van der Waals surface area (Å²) >= 11 is 0. The molecule has 1 aliphatic rings. The lowest BCUT2D eigenvalue weighted by molar-refractivity contribution is 0.173. The van der Waals surface area contributed by atoms with Crippen molar-refractivity contribution in [3.05, 3.63) is 30.4 Å². The van der Waals surface area contributed by atoms with E-state index in [9.17, 15) is 4.79 Å². The fourth-order valence-electron chi connectivity index (χ4n) is 2.30. The number of aryl methyl sites for hydroxylation is 1. The molecule has 2 aromatic rings. The number of aromatic nitrogens is 3. The molecule has 0 fully saturated rings. The predicted molar refractivity (Wildman–Crippen MR) is 84.0 cm³/mol. The molecule has 0 radical (unpaired) electrons. The molecule has 9 nitrogen and oxygen atoms in total. The SMILES string of the molecule is C[C@H](NC(=O)NCCOc1ccc2c(c1)OCO2)c1nncn1C. The van der Waals surface area contributed by atoms with Gasteiger partial charge in [-0.3, -0.25) is 0 Å². The van der Waals surface area contributed by atoms with E-state index in [4.69, 9.17) is 14.2 Å². The molecule has 0 saturated heterocycles. The fraction of sp³-hybridized carbons (Fsp3) is 0.400. The maximum Gasteiger partial charge on any atom is 0.315 e. The third-order valence-corrected chi connectivity index (χ3v) is 3.48. The van der Waals surface area contributed by atoms with Crippen molar-refractivity contribution in [1.82, 2.24) is 25.4 Å². The van der Waals surface area contributed by atoms with Gasteiger partial charge in [0.05, 0.1) is 12.6 Å². The first-order valence-corrected chi connectivity index (χ1v) is 7.54. The van der Waals surface area contributed by atoms with E-state index >= 15 is 0 Å². The van der Waals surface area contributed by atoms with Crippen LogP contribution in [0.15, 0.2) is 24.5 Å². The summed E-state index contributed by atoms with van der Waals surface area (Å²) in [5.74, 6) is 2.71. The summed E-state index contributed by atoms with van der Waals surface area (Å²) in [6.45, 7) is 2.77. The van der Waals surface area contributed by atoms with E-state index in [1.54, 1.807) is 29.1 Å². The number of nitrogens with one attached hydrogen (secondary N) is 2. The van der Waals surface area contributed by atoms with E-state index in [0.717, 1.165) is 0 Å². The van der Waals surface area contributed by atoms with Crippen molar-refractivity contribution in [2.45, 2.75) is 13.0 Å². The first kappa shape index (κ1) is 15.9. The summed E-state index contributed by atoms with van der Waals surface area (Å²) in [4.78, 5) is 11.9. The molecule has 0 unspecified atom stereocenters. The van der Waals surface area contributed by atoms with Crippen LogP contribution in [0.5, 0.6) is 17.2 Å². The Morgan fingerprint density at radius 2 is 2.25 bits per heavy atom. The molecule has 0 aliphatic carbocycles. The summed E-state index contributed by atoms with van der Waals surface area (Å²) in [5, 5.41) is 13.3. The van der Waals surface area contributed by atoms with Crippen LogP contribution in [0.25, 0.3) is 0 Å². The van der Waals surface area contributed by atoms with E-state index in [-0.39, 0.29) is 18.9 Å². The van der Waals surface area contributed by atoms with Crippen molar-refractivity contribution < 1.29 is 19.0 Å². The number of fused-ring (bicyclic) bond motifs is 1. The van der Waals surface area contributed by atoms with E-state index in [2.05, 4.69) is 20.8 Å². The molecule has 2 heterocycles. The Labute approximate surface area is 138 Å². The van der Waals surface area contributed by atoms with Crippen LogP contribution in [-0.4, -0.2) is 40.7 Å². The van der Waals surface area contributed by atoms with Crippen LogP contribution in [-0.2, 0) is 7.05 Å². The van der Waals surface area contributed by atoms with Gasteiger partial charge in [0, 0.05) is 13.1 Å². The van der Waals surface area contributed by atoms with Gasteiger partial charge in [0.2, 0.25) is 6.79 Å². The molecule has 1 aromatic heterocycles. The maximum atomic E-state index is 11.9. The average Bonchev–Trinajstić information content (AvgIpc) is 3.19. The van der Waals surface area contributed by atoms with Gasteiger partial charge in [-0.1, -0.05) is 0 Å². The summed E-state index contributed by atoms with van der Waals surface area (Å²) in [5.41, 5.74) is 0. The van der Waals surface area contributed by atoms with Crippen LogP contribution < -0.4 is 24.8 Å². The predicted octanol–water partition coefficient (Wildman–Crippen LogP) is 0.983. The molecule has 1 aliphatic heterocycles. The summed E-state index contributed by atoms with van der Waals surface area (Å²) < 4.78 is 17.8. The van der Waals surface area contributed by atoms with E-state index in [1.165, 1.54) is 0 Å². The van der Waals surface area contributed by atoms with Crippen molar-refractivity contribution in [2.75, 3.05) is 19.9 Å². The standard InChI is InChI=1S/C15H19N5O4/c1-10(14-19-17-8-20(14)2)18-15(21)16-5-6-22-11-3-4-12-13(7-11)24-9-23-12/h3-4,7-8,10H,5-6,9H2,1-2H3,(H2,16,18,21)/t10-/m0/s1. The first-order chi connectivity index (χ1) is 11.6. The minimum atomic E-state index is -0.292. The highest BCUT2D eigenvalue weighted by atomic mass is 16.7. The van der Waals surface area contributed by atoms with Gasteiger partial charge in [-0.25, -0.2) is 4.79 Å². The smallest absolute Gasteiger partial charge is 0.315 e. The van der Waals surface area contributed by atoms with Crippen molar-refractivity contribution in [3.63, 3.8) is 0 Å². The molecule has 3 rings (SSSR count).